The van der Waals surface area contributed by atoms with Gasteiger partial charge in [-0.2, -0.15) is 5.10 Å². The number of hydrogen-bond acceptors (Lipinski definition) is 6. The zero-order valence-corrected chi connectivity index (χ0v) is 20.3. The number of aromatic nitrogens is 3. The zero-order valence-electron chi connectivity index (χ0n) is 19.4. The quantitative estimate of drug-likeness (QED) is 0.317. The van der Waals surface area contributed by atoms with E-state index in [2.05, 4.69) is 34.1 Å². The Morgan fingerprint density at radius 3 is 2.31 bits per heavy atom. The second-order valence-corrected chi connectivity index (χ2v) is 9.75. The number of piperidine rings is 1. The van der Waals surface area contributed by atoms with E-state index < -0.39 is 5.97 Å². The standard InChI is InChI=1S/C28H24N4O3S/c33-27(34)21-8-6-19(7-9-21)25-18-29-28-32(25)30-26(36-28)20-10-12-23(13-11-20)35-24-14-16-31(17-15-24)22-4-2-1-3-5-22/h1-13,18,24H,14-17H2,(H,33,34). The number of anilines is 1. The van der Waals surface area contributed by atoms with Gasteiger partial charge in [0.1, 0.15) is 16.9 Å². The monoisotopic (exact) mass is 496 g/mol. The highest BCUT2D eigenvalue weighted by Crippen LogP contribution is 2.31. The summed E-state index contributed by atoms with van der Waals surface area (Å²) in [5.74, 6) is -0.0709. The molecule has 7 nitrogen and oxygen atoms in total. The number of hydrogen-bond donors (Lipinski definition) is 1. The van der Waals surface area contributed by atoms with Crippen LogP contribution in [0.2, 0.25) is 0 Å². The number of carboxylic acid groups (broad SMARTS) is 1. The number of rotatable bonds is 6. The molecule has 1 fully saturated rings. The third kappa shape index (κ3) is 4.43. The number of benzene rings is 3. The van der Waals surface area contributed by atoms with Gasteiger partial charge in [0.15, 0.2) is 0 Å². The van der Waals surface area contributed by atoms with Gasteiger partial charge in [-0.1, -0.05) is 41.7 Å². The normalized spacial score (nSPS) is 14.3. The zero-order chi connectivity index (χ0) is 24.5. The van der Waals surface area contributed by atoms with Crippen LogP contribution < -0.4 is 9.64 Å². The van der Waals surface area contributed by atoms with Gasteiger partial charge in [0.2, 0.25) is 4.96 Å². The molecule has 0 unspecified atom stereocenters. The molecule has 6 rings (SSSR count). The molecule has 0 spiro atoms. The Morgan fingerprint density at radius 2 is 1.61 bits per heavy atom. The van der Waals surface area contributed by atoms with Crippen LogP contribution in [-0.4, -0.2) is 44.9 Å². The molecule has 3 aromatic carbocycles. The van der Waals surface area contributed by atoms with Gasteiger partial charge < -0.3 is 14.7 Å². The van der Waals surface area contributed by atoms with Crippen LogP contribution in [0.1, 0.15) is 23.2 Å². The van der Waals surface area contributed by atoms with Gasteiger partial charge in [0, 0.05) is 42.7 Å². The summed E-state index contributed by atoms with van der Waals surface area (Å²) in [5.41, 5.74) is 4.22. The van der Waals surface area contributed by atoms with Crippen LogP contribution in [0.4, 0.5) is 5.69 Å². The minimum atomic E-state index is -0.944. The predicted octanol–water partition coefficient (Wildman–Crippen LogP) is 5.87. The molecule has 0 bridgehead atoms. The highest BCUT2D eigenvalue weighted by molar-refractivity contribution is 7.19. The first-order chi connectivity index (χ1) is 17.6. The van der Waals surface area contributed by atoms with E-state index in [-0.39, 0.29) is 11.7 Å². The van der Waals surface area contributed by atoms with Crippen LogP contribution in [0.15, 0.2) is 85.1 Å². The smallest absolute Gasteiger partial charge is 0.335 e. The van der Waals surface area contributed by atoms with E-state index in [0.29, 0.717) is 0 Å². The first-order valence-corrected chi connectivity index (χ1v) is 12.7. The molecular weight excluding hydrogens is 472 g/mol. The predicted molar refractivity (Wildman–Crippen MR) is 141 cm³/mol. The Bertz CT molecular complexity index is 1490. The molecule has 2 aromatic heterocycles. The highest BCUT2D eigenvalue weighted by Gasteiger charge is 2.21. The number of fused-ring (bicyclic) bond motifs is 1. The summed E-state index contributed by atoms with van der Waals surface area (Å²) in [5, 5.41) is 14.8. The summed E-state index contributed by atoms with van der Waals surface area (Å²) >= 11 is 1.51. The van der Waals surface area contributed by atoms with Crippen molar-refractivity contribution in [2.75, 3.05) is 18.0 Å². The Hall–Kier alpha value is -4.17. The van der Waals surface area contributed by atoms with E-state index in [4.69, 9.17) is 14.9 Å². The summed E-state index contributed by atoms with van der Waals surface area (Å²) in [7, 11) is 0. The third-order valence-electron chi connectivity index (χ3n) is 6.48. The van der Waals surface area contributed by atoms with E-state index in [1.807, 2.05) is 30.3 Å². The van der Waals surface area contributed by atoms with E-state index in [1.165, 1.54) is 17.0 Å². The van der Waals surface area contributed by atoms with Gasteiger partial charge in [-0.05, 0) is 48.5 Å². The molecule has 1 N–H and O–H groups in total. The lowest BCUT2D eigenvalue weighted by atomic mass is 10.1. The number of carboxylic acids is 1. The van der Waals surface area contributed by atoms with E-state index in [0.717, 1.165) is 58.5 Å². The average Bonchev–Trinajstić information content (AvgIpc) is 3.52. The van der Waals surface area contributed by atoms with Gasteiger partial charge in [-0.3, -0.25) is 0 Å². The Kier molecular flexibility index (Phi) is 5.87. The van der Waals surface area contributed by atoms with Crippen LogP contribution >= 0.6 is 11.3 Å². The minimum absolute atomic E-state index is 0.217. The van der Waals surface area contributed by atoms with Crippen LogP contribution in [0.5, 0.6) is 5.75 Å². The van der Waals surface area contributed by atoms with Crippen molar-refractivity contribution >= 4 is 28.0 Å². The summed E-state index contributed by atoms with van der Waals surface area (Å²) < 4.78 is 8.08. The van der Waals surface area contributed by atoms with E-state index in [9.17, 15) is 4.79 Å². The van der Waals surface area contributed by atoms with Crippen molar-refractivity contribution < 1.29 is 14.6 Å². The van der Waals surface area contributed by atoms with Gasteiger partial charge >= 0.3 is 5.97 Å². The van der Waals surface area contributed by atoms with E-state index >= 15 is 0 Å². The maximum atomic E-state index is 11.1. The fourth-order valence-electron chi connectivity index (χ4n) is 4.53. The number of nitrogens with zero attached hydrogens (tertiary/aromatic N) is 4. The van der Waals surface area contributed by atoms with E-state index in [1.54, 1.807) is 35.0 Å². The van der Waals surface area contributed by atoms with Crippen molar-refractivity contribution in [2.24, 2.45) is 0 Å². The molecule has 1 aliphatic rings. The van der Waals surface area contributed by atoms with Gasteiger partial charge in [0.05, 0.1) is 17.5 Å². The second-order valence-electron chi connectivity index (χ2n) is 8.79. The van der Waals surface area contributed by atoms with Crippen LogP contribution in [-0.2, 0) is 0 Å². The first-order valence-electron chi connectivity index (χ1n) is 11.9. The van der Waals surface area contributed by atoms with Crippen molar-refractivity contribution in [3.63, 3.8) is 0 Å². The lowest BCUT2D eigenvalue weighted by Gasteiger charge is -2.33. The molecule has 0 aliphatic carbocycles. The summed E-state index contributed by atoms with van der Waals surface area (Å²) in [4.78, 5) is 18.8. The van der Waals surface area contributed by atoms with Gasteiger partial charge in [-0.15, -0.1) is 0 Å². The molecule has 180 valence electrons. The molecule has 0 amide bonds. The molecule has 5 aromatic rings. The maximum absolute atomic E-state index is 11.1. The summed E-state index contributed by atoms with van der Waals surface area (Å²) in [6.45, 7) is 1.99. The molecule has 0 saturated carbocycles. The summed E-state index contributed by atoms with van der Waals surface area (Å²) in [6.07, 6.45) is 3.97. The molecular formula is C28H24N4O3S. The maximum Gasteiger partial charge on any atom is 0.335 e. The van der Waals surface area contributed by atoms with Crippen molar-refractivity contribution in [1.29, 1.82) is 0 Å². The number of imidazole rings is 1. The summed E-state index contributed by atoms with van der Waals surface area (Å²) in [6, 6.07) is 25.4. The number of aromatic carboxylic acids is 1. The Morgan fingerprint density at radius 1 is 0.917 bits per heavy atom. The van der Waals surface area contributed by atoms with Gasteiger partial charge in [0.25, 0.3) is 0 Å². The third-order valence-corrected chi connectivity index (χ3v) is 7.45. The minimum Gasteiger partial charge on any atom is -0.490 e. The number of para-hydroxylation sites is 1. The number of carbonyl (C=O) groups is 1. The molecule has 1 aliphatic heterocycles. The molecule has 0 radical (unpaired) electrons. The Balaban J connectivity index is 1.13. The number of ether oxygens (including phenoxy) is 1. The lowest BCUT2D eigenvalue weighted by molar-refractivity contribution is 0.0697. The SMILES string of the molecule is O=C(O)c1ccc(-c2cnc3sc(-c4ccc(OC5CCN(c6ccccc6)CC5)cc4)nn23)cc1. The molecule has 36 heavy (non-hydrogen) atoms. The molecule has 3 heterocycles. The van der Waals surface area contributed by atoms with Crippen LogP contribution in [0.25, 0.3) is 26.8 Å². The largest absolute Gasteiger partial charge is 0.490 e. The topological polar surface area (TPSA) is 80.0 Å². The van der Waals surface area contributed by atoms with Crippen molar-refractivity contribution in [3.05, 3.63) is 90.6 Å². The fourth-order valence-corrected chi connectivity index (χ4v) is 5.41. The van der Waals surface area contributed by atoms with Crippen molar-refractivity contribution in [3.8, 4) is 27.6 Å². The molecule has 1 saturated heterocycles. The lowest BCUT2D eigenvalue weighted by Crippen LogP contribution is -2.38. The second kappa shape index (κ2) is 9.47. The highest BCUT2D eigenvalue weighted by atomic mass is 32.1. The first kappa shape index (κ1) is 22.3. The molecule has 8 heteroatoms. The Labute approximate surface area is 212 Å². The van der Waals surface area contributed by atoms with Crippen molar-refractivity contribution in [2.45, 2.75) is 18.9 Å². The van der Waals surface area contributed by atoms with Crippen LogP contribution in [0, 0.1) is 0 Å². The van der Waals surface area contributed by atoms with Crippen molar-refractivity contribution in [1.82, 2.24) is 14.6 Å². The fraction of sp³-hybridized carbons (Fsp3) is 0.179. The van der Waals surface area contributed by atoms with Gasteiger partial charge in [-0.25, -0.2) is 14.3 Å². The van der Waals surface area contributed by atoms with Crippen LogP contribution in [0.3, 0.4) is 0 Å². The molecule has 0 atom stereocenters. The average molecular weight is 497 g/mol.